The third-order valence-electron chi connectivity index (χ3n) is 3.48. The molecular formula is C14H19FN2O3. The Kier molecular flexibility index (Phi) is 4.57. The fourth-order valence-electron chi connectivity index (χ4n) is 2.28. The zero-order valence-electron chi connectivity index (χ0n) is 11.6. The molecule has 1 aromatic carbocycles. The molecule has 1 aliphatic rings. The lowest BCUT2D eigenvalue weighted by atomic mass is 10.0. The molecule has 3 N–H and O–H groups in total. The van der Waals surface area contributed by atoms with E-state index < -0.39 is 0 Å². The van der Waals surface area contributed by atoms with Gasteiger partial charge in [-0.3, -0.25) is 4.79 Å². The maximum atomic E-state index is 13.3. The molecule has 1 saturated heterocycles. The summed E-state index contributed by atoms with van der Waals surface area (Å²) in [5.41, 5.74) is 6.40. The molecule has 0 bridgehead atoms. The van der Waals surface area contributed by atoms with Crippen molar-refractivity contribution in [2.75, 3.05) is 20.3 Å². The largest absolute Gasteiger partial charge is 0.496 e. The Balaban J connectivity index is 2.09. The topological polar surface area (TPSA) is 73.6 Å². The van der Waals surface area contributed by atoms with Crippen molar-refractivity contribution >= 4 is 5.91 Å². The third-order valence-corrected chi connectivity index (χ3v) is 3.48. The number of halogens is 1. The first-order valence-electron chi connectivity index (χ1n) is 6.50. The molecule has 0 aliphatic carbocycles. The van der Waals surface area contributed by atoms with E-state index in [-0.39, 0.29) is 29.7 Å². The van der Waals surface area contributed by atoms with E-state index in [9.17, 15) is 9.18 Å². The average Bonchev–Trinajstić information content (AvgIpc) is 2.85. The first-order chi connectivity index (χ1) is 9.52. The van der Waals surface area contributed by atoms with Gasteiger partial charge in [-0.25, -0.2) is 4.39 Å². The Hall–Kier alpha value is -1.66. The number of hydrogen-bond donors (Lipinski definition) is 2. The van der Waals surface area contributed by atoms with Crippen molar-refractivity contribution in [2.45, 2.75) is 19.0 Å². The second-order valence-corrected chi connectivity index (χ2v) is 4.92. The summed E-state index contributed by atoms with van der Waals surface area (Å²) in [6, 6.07) is 3.54. The van der Waals surface area contributed by atoms with Crippen LogP contribution >= 0.6 is 0 Å². The lowest BCUT2D eigenvalue weighted by Crippen LogP contribution is -2.41. The number of nitrogens with two attached hydrogens (primary N) is 1. The Morgan fingerprint density at radius 1 is 1.55 bits per heavy atom. The highest BCUT2D eigenvalue weighted by Crippen LogP contribution is 2.26. The molecule has 1 fully saturated rings. The normalized spacial score (nSPS) is 23.4. The van der Waals surface area contributed by atoms with Gasteiger partial charge in [0, 0.05) is 11.6 Å². The molecule has 110 valence electrons. The molecule has 1 heterocycles. The second kappa shape index (κ2) is 6.19. The molecule has 0 saturated carbocycles. The summed E-state index contributed by atoms with van der Waals surface area (Å²) in [7, 11) is 1.51. The fourth-order valence-corrected chi connectivity index (χ4v) is 2.28. The maximum Gasteiger partial charge on any atom is 0.227 e. The molecular weight excluding hydrogens is 263 g/mol. The number of methoxy groups -OCH3 is 1. The first-order valence-corrected chi connectivity index (χ1v) is 6.50. The lowest BCUT2D eigenvalue weighted by Gasteiger charge is -2.20. The Morgan fingerprint density at radius 3 is 2.90 bits per heavy atom. The molecule has 5 nitrogen and oxygen atoms in total. The van der Waals surface area contributed by atoms with Crippen molar-refractivity contribution in [2.24, 2.45) is 11.7 Å². The Morgan fingerprint density at radius 2 is 2.30 bits per heavy atom. The van der Waals surface area contributed by atoms with E-state index in [0.29, 0.717) is 24.5 Å². The van der Waals surface area contributed by atoms with E-state index in [1.807, 2.05) is 0 Å². The van der Waals surface area contributed by atoms with Crippen molar-refractivity contribution in [1.29, 1.82) is 0 Å². The molecule has 2 rings (SSSR count). The van der Waals surface area contributed by atoms with Crippen LogP contribution in [0.1, 0.15) is 18.5 Å². The van der Waals surface area contributed by atoms with E-state index in [1.54, 1.807) is 6.92 Å². The van der Waals surface area contributed by atoms with Crippen molar-refractivity contribution in [1.82, 2.24) is 5.32 Å². The fraction of sp³-hybridized carbons (Fsp3) is 0.500. The quantitative estimate of drug-likeness (QED) is 0.863. The van der Waals surface area contributed by atoms with Gasteiger partial charge >= 0.3 is 0 Å². The second-order valence-electron chi connectivity index (χ2n) is 4.92. The van der Waals surface area contributed by atoms with Gasteiger partial charge < -0.3 is 20.5 Å². The van der Waals surface area contributed by atoms with E-state index in [2.05, 4.69) is 5.32 Å². The number of nitrogens with one attached hydrogen (secondary N) is 1. The molecule has 1 amide bonds. The number of hydrogen-bond acceptors (Lipinski definition) is 4. The van der Waals surface area contributed by atoms with Gasteiger partial charge in [0.05, 0.1) is 32.3 Å². The van der Waals surface area contributed by atoms with Gasteiger partial charge in [-0.2, -0.15) is 0 Å². The molecule has 1 aromatic rings. The van der Waals surface area contributed by atoms with Crippen LogP contribution in [0.4, 0.5) is 4.39 Å². The van der Waals surface area contributed by atoms with Crippen LogP contribution in [-0.2, 0) is 9.53 Å². The molecule has 20 heavy (non-hydrogen) atoms. The van der Waals surface area contributed by atoms with Gasteiger partial charge in [0.25, 0.3) is 0 Å². The predicted octanol–water partition coefficient (Wildman–Crippen LogP) is 0.985. The summed E-state index contributed by atoms with van der Waals surface area (Å²) in [6.45, 7) is 2.48. The van der Waals surface area contributed by atoms with E-state index in [0.717, 1.165) is 0 Å². The predicted molar refractivity (Wildman–Crippen MR) is 71.8 cm³/mol. The number of amides is 1. The highest BCUT2D eigenvalue weighted by Gasteiger charge is 2.32. The lowest BCUT2D eigenvalue weighted by molar-refractivity contribution is -0.125. The molecule has 0 aromatic heterocycles. The third kappa shape index (κ3) is 3.08. The zero-order chi connectivity index (χ0) is 14.7. The van der Waals surface area contributed by atoms with E-state index in [4.69, 9.17) is 15.2 Å². The van der Waals surface area contributed by atoms with Crippen LogP contribution in [0, 0.1) is 11.7 Å². The van der Waals surface area contributed by atoms with Crippen LogP contribution in [0.15, 0.2) is 18.2 Å². The summed E-state index contributed by atoms with van der Waals surface area (Å²) in [5, 5.41) is 2.82. The van der Waals surface area contributed by atoms with Gasteiger partial charge in [0.1, 0.15) is 11.6 Å². The monoisotopic (exact) mass is 282 g/mol. The molecule has 3 atom stereocenters. The zero-order valence-corrected chi connectivity index (χ0v) is 11.6. The van der Waals surface area contributed by atoms with Crippen LogP contribution in [0.5, 0.6) is 5.75 Å². The highest BCUT2D eigenvalue weighted by atomic mass is 19.1. The standard InChI is InChI=1S/C14H19FN2O3/c1-8(10-5-9(15)3-4-13(10)19-2)17-14(18)11-6-20-7-12(11)16/h3-5,8,11-12H,6-7,16H2,1-2H3,(H,17,18). The smallest absolute Gasteiger partial charge is 0.227 e. The van der Waals surface area contributed by atoms with Crippen LogP contribution < -0.4 is 15.8 Å². The number of carbonyl (C=O) groups is 1. The minimum absolute atomic E-state index is 0.186. The van der Waals surface area contributed by atoms with Crippen molar-refractivity contribution in [3.8, 4) is 5.75 Å². The minimum Gasteiger partial charge on any atom is -0.496 e. The van der Waals surface area contributed by atoms with Crippen LogP contribution in [0.3, 0.4) is 0 Å². The summed E-state index contributed by atoms with van der Waals surface area (Å²) >= 11 is 0. The van der Waals surface area contributed by atoms with Crippen LogP contribution in [0.2, 0.25) is 0 Å². The van der Waals surface area contributed by atoms with Crippen LogP contribution in [-0.4, -0.2) is 32.3 Å². The molecule has 0 radical (unpaired) electrons. The number of ether oxygens (including phenoxy) is 2. The van der Waals surface area contributed by atoms with E-state index >= 15 is 0 Å². The minimum atomic E-state index is -0.374. The Labute approximate surface area is 117 Å². The van der Waals surface area contributed by atoms with Crippen LogP contribution in [0.25, 0.3) is 0 Å². The van der Waals surface area contributed by atoms with Crippen molar-refractivity contribution in [3.05, 3.63) is 29.6 Å². The van der Waals surface area contributed by atoms with Gasteiger partial charge in [-0.1, -0.05) is 0 Å². The first kappa shape index (κ1) is 14.7. The van der Waals surface area contributed by atoms with Gasteiger partial charge in [0.15, 0.2) is 0 Å². The molecule has 6 heteroatoms. The number of benzene rings is 1. The van der Waals surface area contributed by atoms with Gasteiger partial charge in [0.2, 0.25) is 5.91 Å². The summed E-state index contributed by atoms with van der Waals surface area (Å²) in [6.07, 6.45) is 0. The average molecular weight is 282 g/mol. The van der Waals surface area contributed by atoms with E-state index in [1.165, 1.54) is 25.3 Å². The highest BCUT2D eigenvalue weighted by molar-refractivity contribution is 5.80. The summed E-state index contributed by atoms with van der Waals surface area (Å²) in [4.78, 5) is 12.1. The SMILES string of the molecule is COc1ccc(F)cc1C(C)NC(=O)C1COCC1N. The van der Waals surface area contributed by atoms with Crippen molar-refractivity contribution < 1.29 is 18.7 Å². The van der Waals surface area contributed by atoms with Gasteiger partial charge in [-0.05, 0) is 25.1 Å². The molecule has 1 aliphatic heterocycles. The number of rotatable bonds is 4. The molecule has 0 spiro atoms. The van der Waals surface area contributed by atoms with Crippen molar-refractivity contribution in [3.63, 3.8) is 0 Å². The summed E-state index contributed by atoms with van der Waals surface area (Å²) < 4.78 is 23.7. The Bertz CT molecular complexity index is 495. The maximum absolute atomic E-state index is 13.3. The van der Waals surface area contributed by atoms with Gasteiger partial charge in [-0.15, -0.1) is 0 Å². The summed E-state index contributed by atoms with van der Waals surface area (Å²) in [5.74, 6) is -0.389. The molecule has 3 unspecified atom stereocenters. The number of carbonyl (C=O) groups excluding carboxylic acids is 1.